The van der Waals surface area contributed by atoms with Gasteiger partial charge in [0, 0.05) is 30.6 Å². The molecule has 170 valence electrons. The number of aromatic nitrogens is 1. The molecular weight excluding hydrogens is 437 g/mol. The molecule has 1 saturated heterocycles. The van der Waals surface area contributed by atoms with Crippen LogP contribution in [0.25, 0.3) is 10.4 Å². The first kappa shape index (κ1) is 21.8. The van der Waals surface area contributed by atoms with Gasteiger partial charge in [-0.2, -0.15) is 0 Å². The van der Waals surface area contributed by atoms with E-state index in [9.17, 15) is 14.0 Å². The van der Waals surface area contributed by atoms with Crippen molar-refractivity contribution in [3.05, 3.63) is 76.2 Å². The Kier molecular flexibility index (Phi) is 5.98. The van der Waals surface area contributed by atoms with Crippen LogP contribution in [0.4, 0.5) is 4.39 Å². The number of rotatable bonds is 6. The number of aryl methyl sites for hydroxylation is 1. The molecule has 0 spiro atoms. The second kappa shape index (κ2) is 9.06. The zero-order valence-corrected chi connectivity index (χ0v) is 19.3. The van der Waals surface area contributed by atoms with E-state index >= 15 is 0 Å². The van der Waals surface area contributed by atoms with Crippen LogP contribution in [-0.4, -0.2) is 40.8 Å². The van der Waals surface area contributed by atoms with Gasteiger partial charge in [0.2, 0.25) is 0 Å². The van der Waals surface area contributed by atoms with Crippen LogP contribution in [0, 0.1) is 12.7 Å². The van der Waals surface area contributed by atoms with Gasteiger partial charge in [-0.1, -0.05) is 29.8 Å². The van der Waals surface area contributed by atoms with E-state index in [0.29, 0.717) is 30.3 Å². The molecule has 7 heteroatoms. The van der Waals surface area contributed by atoms with Crippen molar-refractivity contribution in [2.75, 3.05) is 13.1 Å². The summed E-state index contributed by atoms with van der Waals surface area (Å²) in [7, 11) is 0. The van der Waals surface area contributed by atoms with Crippen LogP contribution in [0.5, 0.6) is 0 Å². The van der Waals surface area contributed by atoms with Crippen LogP contribution in [0.15, 0.2) is 48.5 Å². The summed E-state index contributed by atoms with van der Waals surface area (Å²) in [6, 6.07) is 13.7. The predicted octanol–water partition coefficient (Wildman–Crippen LogP) is 5.17. The van der Waals surface area contributed by atoms with Gasteiger partial charge in [-0.3, -0.25) is 9.59 Å². The molecule has 5 nitrogen and oxygen atoms in total. The van der Waals surface area contributed by atoms with Gasteiger partial charge in [0.15, 0.2) is 0 Å². The number of hydrogen-bond donors (Lipinski definition) is 1. The monoisotopic (exact) mass is 463 g/mol. The largest absolute Gasteiger partial charge is 0.350 e. The highest BCUT2D eigenvalue weighted by Crippen LogP contribution is 2.45. The molecule has 1 aliphatic heterocycles. The molecule has 0 radical (unpaired) electrons. The fourth-order valence-electron chi connectivity index (χ4n) is 4.33. The first-order chi connectivity index (χ1) is 16.0. The Bertz CT molecular complexity index is 1190. The van der Waals surface area contributed by atoms with Crippen LogP contribution in [-0.2, 0) is 0 Å². The Morgan fingerprint density at radius 2 is 1.94 bits per heavy atom. The lowest BCUT2D eigenvalue weighted by molar-refractivity contribution is 0.0721. The number of likely N-dealkylation sites (tertiary alicyclic amines) is 1. The van der Waals surface area contributed by atoms with Crippen LogP contribution in [0.3, 0.4) is 0 Å². The summed E-state index contributed by atoms with van der Waals surface area (Å²) < 4.78 is 13.5. The Hall–Kier alpha value is -3.06. The SMILES string of the molecule is Cc1cccc(C(=O)NCC2CCCN2C(=O)c2nc(C3CC3)sc2-c2ccc(F)cc2)c1. The van der Waals surface area contributed by atoms with Gasteiger partial charge in [0.05, 0.1) is 9.88 Å². The standard InChI is InChI=1S/C26H26FN3O2S/c1-16-4-2-5-19(14-16)24(31)28-15-21-6-3-13-30(21)26(32)22-23(17-9-11-20(27)12-10-17)33-25(29-22)18-7-8-18/h2,4-5,9-12,14,18,21H,3,6-8,13,15H2,1H3,(H,28,31). The van der Waals surface area contributed by atoms with Crippen molar-refractivity contribution < 1.29 is 14.0 Å². The van der Waals surface area contributed by atoms with Crippen molar-refractivity contribution in [1.82, 2.24) is 15.2 Å². The van der Waals surface area contributed by atoms with Gasteiger partial charge in [-0.05, 0) is 62.4 Å². The molecule has 0 bridgehead atoms. The fourth-order valence-corrected chi connectivity index (χ4v) is 5.57. The molecule has 1 aromatic heterocycles. The molecule has 3 aromatic rings. The van der Waals surface area contributed by atoms with Crippen LogP contribution < -0.4 is 5.32 Å². The van der Waals surface area contributed by atoms with Gasteiger partial charge in [-0.25, -0.2) is 9.37 Å². The van der Waals surface area contributed by atoms with Crippen LogP contribution in [0.1, 0.15) is 63.0 Å². The highest BCUT2D eigenvalue weighted by atomic mass is 32.1. The summed E-state index contributed by atoms with van der Waals surface area (Å²) in [5, 5.41) is 3.99. The average molecular weight is 464 g/mol. The van der Waals surface area contributed by atoms with Crippen molar-refractivity contribution in [2.45, 2.75) is 44.6 Å². The van der Waals surface area contributed by atoms with Crippen LogP contribution in [0.2, 0.25) is 0 Å². The maximum atomic E-state index is 13.6. The van der Waals surface area contributed by atoms with E-state index in [1.807, 2.05) is 30.0 Å². The average Bonchev–Trinajstić information content (AvgIpc) is 3.39. The third kappa shape index (κ3) is 4.69. The van der Waals surface area contributed by atoms with Gasteiger partial charge in [0.1, 0.15) is 11.5 Å². The Labute approximate surface area is 196 Å². The summed E-state index contributed by atoms with van der Waals surface area (Å²) in [4.78, 5) is 33.6. The number of thiazole rings is 1. The molecule has 1 N–H and O–H groups in total. The summed E-state index contributed by atoms with van der Waals surface area (Å²) in [5.41, 5.74) is 2.92. The van der Waals surface area contributed by atoms with Crippen molar-refractivity contribution in [3.8, 4) is 10.4 Å². The number of carbonyl (C=O) groups is 2. The predicted molar refractivity (Wildman–Crippen MR) is 127 cm³/mol. The van der Waals surface area contributed by atoms with Crippen molar-refractivity contribution in [1.29, 1.82) is 0 Å². The fraction of sp³-hybridized carbons (Fsp3) is 0.346. The van der Waals surface area contributed by atoms with E-state index in [0.717, 1.165) is 46.7 Å². The first-order valence-corrected chi connectivity index (χ1v) is 12.2. The van der Waals surface area contributed by atoms with E-state index in [4.69, 9.17) is 4.98 Å². The zero-order chi connectivity index (χ0) is 22.9. The van der Waals surface area contributed by atoms with E-state index in [1.54, 1.807) is 29.5 Å². The Morgan fingerprint density at radius 3 is 2.67 bits per heavy atom. The molecule has 1 aliphatic carbocycles. The Morgan fingerprint density at radius 1 is 1.15 bits per heavy atom. The minimum Gasteiger partial charge on any atom is -0.350 e. The molecule has 1 saturated carbocycles. The molecular formula is C26H26FN3O2S. The molecule has 2 amide bonds. The highest BCUT2D eigenvalue weighted by Gasteiger charge is 2.35. The van der Waals surface area contributed by atoms with E-state index in [2.05, 4.69) is 5.32 Å². The molecule has 1 atom stereocenters. The second-order valence-electron chi connectivity index (χ2n) is 8.89. The lowest BCUT2D eigenvalue weighted by Crippen LogP contribution is -2.43. The normalized spacial score (nSPS) is 17.9. The molecule has 2 aliphatic rings. The topological polar surface area (TPSA) is 62.3 Å². The van der Waals surface area contributed by atoms with Crippen molar-refractivity contribution in [3.63, 3.8) is 0 Å². The van der Waals surface area contributed by atoms with Crippen molar-refractivity contribution >= 4 is 23.2 Å². The lowest BCUT2D eigenvalue weighted by atomic mass is 10.1. The number of halogens is 1. The molecule has 2 aromatic carbocycles. The third-order valence-corrected chi connectivity index (χ3v) is 7.56. The van der Waals surface area contributed by atoms with Gasteiger partial charge in [-0.15, -0.1) is 11.3 Å². The molecule has 5 rings (SSSR count). The quantitative estimate of drug-likeness (QED) is 0.549. The minimum absolute atomic E-state index is 0.0709. The van der Waals surface area contributed by atoms with Gasteiger partial charge < -0.3 is 10.2 Å². The first-order valence-electron chi connectivity index (χ1n) is 11.4. The number of amides is 2. The van der Waals surface area contributed by atoms with Gasteiger partial charge >= 0.3 is 0 Å². The number of carbonyl (C=O) groups excluding carboxylic acids is 2. The third-order valence-electron chi connectivity index (χ3n) is 6.30. The van der Waals surface area contributed by atoms with Crippen molar-refractivity contribution in [2.24, 2.45) is 0 Å². The smallest absolute Gasteiger partial charge is 0.274 e. The van der Waals surface area contributed by atoms with E-state index < -0.39 is 0 Å². The molecule has 2 fully saturated rings. The summed E-state index contributed by atoms with van der Waals surface area (Å²) in [6.07, 6.45) is 3.93. The van der Waals surface area contributed by atoms with E-state index in [1.165, 1.54) is 12.1 Å². The van der Waals surface area contributed by atoms with Crippen LogP contribution >= 0.6 is 11.3 Å². The second-order valence-corrected chi connectivity index (χ2v) is 9.92. The van der Waals surface area contributed by atoms with Gasteiger partial charge in [0.25, 0.3) is 11.8 Å². The lowest BCUT2D eigenvalue weighted by Gasteiger charge is -2.24. The Balaban J connectivity index is 1.35. The zero-order valence-electron chi connectivity index (χ0n) is 18.5. The summed E-state index contributed by atoms with van der Waals surface area (Å²) in [6.45, 7) is 3.00. The summed E-state index contributed by atoms with van der Waals surface area (Å²) >= 11 is 1.54. The number of hydrogen-bond acceptors (Lipinski definition) is 4. The highest BCUT2D eigenvalue weighted by molar-refractivity contribution is 7.15. The molecule has 33 heavy (non-hydrogen) atoms. The van der Waals surface area contributed by atoms with E-state index in [-0.39, 0.29) is 23.7 Å². The number of nitrogens with one attached hydrogen (secondary N) is 1. The maximum absolute atomic E-state index is 13.6. The molecule has 2 heterocycles. The minimum atomic E-state index is -0.303. The summed E-state index contributed by atoms with van der Waals surface area (Å²) in [5.74, 6) is -0.110. The maximum Gasteiger partial charge on any atom is 0.274 e. The number of nitrogens with zero attached hydrogens (tertiary/aromatic N) is 2. The molecule has 1 unspecified atom stereocenters. The number of benzene rings is 2.